The van der Waals surface area contributed by atoms with E-state index in [4.69, 9.17) is 29.1 Å². The fraction of sp³-hybridized carbons (Fsp3) is 0.143. The summed E-state index contributed by atoms with van der Waals surface area (Å²) in [6, 6.07) is 24.3. The van der Waals surface area contributed by atoms with Crippen molar-refractivity contribution in [2.75, 3.05) is 7.11 Å². The Labute approximate surface area is 252 Å². The number of nitrogens with zero attached hydrogens (tertiary/aromatic N) is 1. The highest BCUT2D eigenvalue weighted by Gasteiger charge is 2.32. The van der Waals surface area contributed by atoms with Gasteiger partial charge in [-0.1, -0.05) is 42.5 Å². The van der Waals surface area contributed by atoms with E-state index in [-0.39, 0.29) is 35.4 Å². The molecule has 1 unspecified atom stereocenters. The number of methoxy groups -OCH3 is 1. The summed E-state index contributed by atoms with van der Waals surface area (Å²) in [5.74, 6) is -0.254. The van der Waals surface area contributed by atoms with Crippen LogP contribution < -0.4 is 24.7 Å². The molecule has 220 valence electrons. The maximum absolute atomic E-state index is 14.1. The van der Waals surface area contributed by atoms with Crippen LogP contribution in [0.15, 0.2) is 94.7 Å². The minimum absolute atomic E-state index is 0.00741. The topological polar surface area (TPSA) is 117 Å². The molecule has 6 rings (SSSR count). The molecule has 1 atom stereocenters. The minimum Gasteiger partial charge on any atom is -0.493 e. The fourth-order valence-electron chi connectivity index (χ4n) is 5.28. The van der Waals surface area contributed by atoms with Gasteiger partial charge in [0.25, 0.3) is 0 Å². The number of fused-ring (bicyclic) bond motifs is 2. The van der Waals surface area contributed by atoms with E-state index >= 15 is 0 Å². The number of hydrogen-bond donors (Lipinski definition) is 1. The molecule has 1 aromatic heterocycles. The van der Waals surface area contributed by atoms with E-state index in [1.165, 1.54) is 13.2 Å². The third kappa shape index (κ3) is 5.18. The highest BCUT2D eigenvalue weighted by Crippen LogP contribution is 2.45. The maximum atomic E-state index is 14.1. The summed E-state index contributed by atoms with van der Waals surface area (Å²) in [5, 5.41) is 10.8. The van der Waals surface area contributed by atoms with Crippen molar-refractivity contribution in [3.63, 3.8) is 0 Å². The van der Waals surface area contributed by atoms with Crippen LogP contribution in [0.2, 0.25) is 0 Å². The number of aryl methyl sites for hydroxylation is 2. The molecule has 0 aliphatic carbocycles. The number of allylic oxidation sites excluding steroid dienone is 1. The molecule has 0 amide bonds. The molecule has 1 aliphatic rings. The van der Waals surface area contributed by atoms with Crippen LogP contribution in [0.5, 0.6) is 23.0 Å². The van der Waals surface area contributed by atoms with Crippen molar-refractivity contribution in [3.05, 3.63) is 130 Å². The minimum atomic E-state index is -0.652. The van der Waals surface area contributed by atoms with Crippen molar-refractivity contribution in [1.82, 2.24) is 0 Å². The highest BCUT2D eigenvalue weighted by molar-refractivity contribution is 5.97. The van der Waals surface area contributed by atoms with E-state index in [1.54, 1.807) is 61.5 Å². The van der Waals surface area contributed by atoms with Gasteiger partial charge < -0.3 is 29.1 Å². The molecule has 0 saturated heterocycles. The van der Waals surface area contributed by atoms with E-state index in [1.807, 2.05) is 25.1 Å². The predicted molar refractivity (Wildman–Crippen MR) is 160 cm³/mol. The number of nitrogens with two attached hydrogens (primary N) is 1. The van der Waals surface area contributed by atoms with E-state index in [0.717, 1.165) is 10.9 Å². The van der Waals surface area contributed by atoms with Crippen molar-refractivity contribution in [2.45, 2.75) is 26.4 Å². The smallest absolute Gasteiger partial charge is 0.379 e. The summed E-state index contributed by atoms with van der Waals surface area (Å²) in [4.78, 5) is 13.1. The molecular formula is C35H27FN2O6. The van der Waals surface area contributed by atoms with Gasteiger partial charge in [0.2, 0.25) is 11.6 Å². The van der Waals surface area contributed by atoms with E-state index < -0.39 is 11.9 Å². The number of rotatable bonds is 7. The summed E-state index contributed by atoms with van der Waals surface area (Å²) >= 11 is 0. The average molecular weight is 591 g/mol. The first-order chi connectivity index (χ1) is 21.3. The van der Waals surface area contributed by atoms with Gasteiger partial charge in [0.05, 0.1) is 13.0 Å². The van der Waals surface area contributed by atoms with Crippen LogP contribution in [0.3, 0.4) is 0 Å². The molecule has 0 spiro atoms. The lowest BCUT2D eigenvalue weighted by molar-refractivity contribution is 0.0702. The molecule has 1 aliphatic heterocycles. The molecule has 0 fully saturated rings. The third-order valence-electron chi connectivity index (χ3n) is 7.54. The van der Waals surface area contributed by atoms with Crippen LogP contribution in [-0.4, -0.2) is 13.1 Å². The number of esters is 1. The summed E-state index contributed by atoms with van der Waals surface area (Å²) in [6.07, 6.45) is 0. The second-order valence-electron chi connectivity index (χ2n) is 10.4. The van der Waals surface area contributed by atoms with Crippen molar-refractivity contribution < 1.29 is 32.5 Å². The molecule has 8 nitrogen and oxygen atoms in total. The Bertz CT molecular complexity index is 2000. The van der Waals surface area contributed by atoms with E-state index in [0.29, 0.717) is 45.1 Å². The average Bonchev–Trinajstić information content (AvgIpc) is 3.35. The monoisotopic (exact) mass is 590 g/mol. The first-order valence-electron chi connectivity index (χ1n) is 13.7. The summed E-state index contributed by atoms with van der Waals surface area (Å²) in [6.45, 7) is 3.76. The first-order valence-corrected chi connectivity index (χ1v) is 13.7. The number of furan rings is 1. The van der Waals surface area contributed by atoms with E-state index in [2.05, 4.69) is 6.07 Å². The number of ether oxygens (including phenoxy) is 4. The number of halogens is 1. The van der Waals surface area contributed by atoms with Crippen LogP contribution in [0.1, 0.15) is 44.3 Å². The van der Waals surface area contributed by atoms with Crippen LogP contribution >= 0.6 is 0 Å². The first kappa shape index (κ1) is 28.4. The van der Waals surface area contributed by atoms with Crippen molar-refractivity contribution in [3.8, 4) is 29.1 Å². The van der Waals surface area contributed by atoms with Gasteiger partial charge in [-0.2, -0.15) is 5.26 Å². The lowest BCUT2D eigenvalue weighted by Gasteiger charge is -2.27. The third-order valence-corrected chi connectivity index (χ3v) is 7.54. The van der Waals surface area contributed by atoms with Crippen molar-refractivity contribution >= 4 is 16.9 Å². The molecule has 4 aromatic carbocycles. The largest absolute Gasteiger partial charge is 0.493 e. The maximum Gasteiger partial charge on any atom is 0.379 e. The number of hydrogen-bond acceptors (Lipinski definition) is 8. The zero-order chi connectivity index (χ0) is 31.0. The number of benzene rings is 4. The molecule has 0 saturated carbocycles. The van der Waals surface area contributed by atoms with Crippen LogP contribution in [0.4, 0.5) is 4.39 Å². The Balaban J connectivity index is 1.29. The fourth-order valence-corrected chi connectivity index (χ4v) is 5.28. The van der Waals surface area contributed by atoms with Gasteiger partial charge in [0.15, 0.2) is 11.5 Å². The second-order valence-corrected chi connectivity index (χ2v) is 10.4. The standard InChI is InChI=1S/C35H27FN2O6/c1-19-8-11-24-20(2)33(43-29(24)14-19)35(39)42-23-10-12-25-30(16-23)44-34(38)26(17-37)32(25)21-9-13-28(31(15-21)40-3)41-18-22-6-4-5-7-27(22)36/h4-16,32H,18,38H2,1-3H3. The van der Waals surface area contributed by atoms with Crippen LogP contribution in [0.25, 0.3) is 11.0 Å². The number of carbonyl (C=O) groups is 1. The SMILES string of the molecule is COc1cc(C2C(C#N)=C(N)Oc3cc(OC(=O)c4oc5cc(C)ccc5c4C)ccc32)ccc1OCc1ccccc1F. The molecule has 0 bridgehead atoms. The zero-order valence-electron chi connectivity index (χ0n) is 24.1. The van der Waals surface area contributed by atoms with E-state index in [9.17, 15) is 14.4 Å². The second kappa shape index (κ2) is 11.5. The normalized spacial score (nSPS) is 14.0. The number of nitriles is 1. The van der Waals surface area contributed by atoms with Gasteiger partial charge in [0.1, 0.15) is 41.1 Å². The molecule has 44 heavy (non-hydrogen) atoms. The van der Waals surface area contributed by atoms with Gasteiger partial charge in [-0.05, 0) is 55.3 Å². The molecular weight excluding hydrogens is 563 g/mol. The van der Waals surface area contributed by atoms with Crippen molar-refractivity contribution in [1.29, 1.82) is 5.26 Å². The van der Waals surface area contributed by atoms with Gasteiger partial charge >= 0.3 is 5.97 Å². The van der Waals surface area contributed by atoms with Crippen LogP contribution in [-0.2, 0) is 6.61 Å². The molecule has 9 heteroatoms. The van der Waals surface area contributed by atoms with Gasteiger partial charge in [-0.25, -0.2) is 9.18 Å². The molecule has 2 N–H and O–H groups in total. The molecule has 0 radical (unpaired) electrons. The van der Waals surface area contributed by atoms with Gasteiger partial charge in [0, 0.05) is 28.1 Å². The quantitative estimate of drug-likeness (QED) is 0.156. The Hall–Kier alpha value is -5.75. The highest BCUT2D eigenvalue weighted by atomic mass is 19.1. The number of carbonyl (C=O) groups excluding carboxylic acids is 1. The van der Waals surface area contributed by atoms with Crippen molar-refractivity contribution in [2.24, 2.45) is 5.73 Å². The predicted octanol–water partition coefficient (Wildman–Crippen LogP) is 7.21. The van der Waals surface area contributed by atoms with Gasteiger partial charge in [-0.15, -0.1) is 0 Å². The van der Waals surface area contributed by atoms with Crippen LogP contribution in [0, 0.1) is 31.0 Å². The lowest BCUT2D eigenvalue weighted by atomic mass is 9.83. The zero-order valence-corrected chi connectivity index (χ0v) is 24.1. The molecule has 2 heterocycles. The van der Waals surface area contributed by atoms with Gasteiger partial charge in [-0.3, -0.25) is 0 Å². The molecule has 5 aromatic rings. The Morgan fingerprint density at radius 2 is 1.84 bits per heavy atom. The summed E-state index contributed by atoms with van der Waals surface area (Å²) in [5.41, 5.74) is 10.4. The Morgan fingerprint density at radius 1 is 1.02 bits per heavy atom. The summed E-state index contributed by atoms with van der Waals surface area (Å²) < 4.78 is 42.8. The Kier molecular flexibility index (Phi) is 7.41. The summed E-state index contributed by atoms with van der Waals surface area (Å²) in [7, 11) is 1.49. The Morgan fingerprint density at radius 3 is 2.61 bits per heavy atom. The lowest BCUT2D eigenvalue weighted by Crippen LogP contribution is -2.21.